The maximum Gasteiger partial charge on any atom is 0.340 e. The molecular weight excluding hydrogens is 196 g/mol. The fraction of sp³-hybridized carbons (Fsp3) is 0.100. The maximum absolute atomic E-state index is 11.4. The quantitative estimate of drug-likeness (QED) is 0.705. The predicted octanol–water partition coefficient (Wildman–Crippen LogP) is 1.12. The summed E-state index contributed by atoms with van der Waals surface area (Å²) in [5.41, 5.74) is 1.21. The summed E-state index contributed by atoms with van der Waals surface area (Å²) < 4.78 is 4.61. The number of pyridine rings is 2. The lowest BCUT2D eigenvalue weighted by Crippen LogP contribution is -2.03. The zero-order valence-corrected chi connectivity index (χ0v) is 7.97. The molecule has 15 heavy (non-hydrogen) atoms. The van der Waals surface area contributed by atoms with Crippen LogP contribution in [0.2, 0.25) is 0 Å². The van der Waals surface area contributed by atoms with Gasteiger partial charge in [-0.15, -0.1) is 0 Å². The van der Waals surface area contributed by atoms with E-state index in [9.17, 15) is 9.90 Å². The number of methoxy groups -OCH3 is 1. The second kappa shape index (κ2) is 3.53. The second-order valence-corrected chi connectivity index (χ2v) is 2.91. The Hall–Kier alpha value is -2.17. The van der Waals surface area contributed by atoms with Gasteiger partial charge in [-0.05, 0) is 6.07 Å². The molecule has 0 aliphatic heterocycles. The van der Waals surface area contributed by atoms with Gasteiger partial charge in [-0.25, -0.2) is 9.78 Å². The van der Waals surface area contributed by atoms with E-state index < -0.39 is 5.97 Å². The molecule has 0 saturated carbocycles. The summed E-state index contributed by atoms with van der Waals surface area (Å²) in [5, 5.41) is 9.20. The smallest absolute Gasteiger partial charge is 0.340 e. The summed E-state index contributed by atoms with van der Waals surface area (Å²) in [6.07, 6.45) is 2.73. The van der Waals surface area contributed by atoms with Crippen LogP contribution in [-0.4, -0.2) is 28.2 Å². The molecule has 2 aromatic rings. The molecule has 0 fully saturated rings. The van der Waals surface area contributed by atoms with E-state index >= 15 is 0 Å². The number of hydrogen-bond donors (Lipinski definition) is 1. The van der Waals surface area contributed by atoms with Crippen molar-refractivity contribution in [3.05, 3.63) is 30.1 Å². The van der Waals surface area contributed by atoms with Crippen LogP contribution < -0.4 is 0 Å². The van der Waals surface area contributed by atoms with Crippen LogP contribution in [0.3, 0.4) is 0 Å². The van der Waals surface area contributed by atoms with Gasteiger partial charge in [0, 0.05) is 12.3 Å². The largest absolute Gasteiger partial charge is 0.506 e. The van der Waals surface area contributed by atoms with Gasteiger partial charge in [0.05, 0.1) is 24.4 Å². The summed E-state index contributed by atoms with van der Waals surface area (Å²) in [4.78, 5) is 19.3. The predicted molar refractivity (Wildman–Crippen MR) is 52.5 cm³/mol. The van der Waals surface area contributed by atoms with E-state index in [1.165, 1.54) is 31.6 Å². The number of ether oxygens (including phenoxy) is 1. The maximum atomic E-state index is 11.4. The minimum atomic E-state index is -0.472. The van der Waals surface area contributed by atoms with Crippen molar-refractivity contribution in [1.29, 1.82) is 0 Å². The summed E-state index contributed by atoms with van der Waals surface area (Å²) in [7, 11) is 1.30. The molecule has 0 spiro atoms. The minimum absolute atomic E-state index is 0.0111. The molecule has 0 bridgehead atoms. The highest BCUT2D eigenvalue weighted by Gasteiger charge is 2.11. The van der Waals surface area contributed by atoms with Crippen molar-refractivity contribution in [1.82, 2.24) is 9.97 Å². The molecule has 76 valence electrons. The Bertz CT molecular complexity index is 525. The molecule has 0 saturated heterocycles. The van der Waals surface area contributed by atoms with Gasteiger partial charge in [-0.3, -0.25) is 4.98 Å². The topological polar surface area (TPSA) is 72.3 Å². The highest BCUT2D eigenvalue weighted by molar-refractivity contribution is 6.01. The van der Waals surface area contributed by atoms with Crippen molar-refractivity contribution in [3.8, 4) is 5.75 Å². The Balaban J connectivity index is 2.71. The van der Waals surface area contributed by atoms with Crippen molar-refractivity contribution in [3.63, 3.8) is 0 Å². The molecule has 1 N–H and O–H groups in total. The highest BCUT2D eigenvalue weighted by Crippen LogP contribution is 2.18. The Morgan fingerprint density at radius 3 is 3.00 bits per heavy atom. The molecule has 5 nitrogen and oxygen atoms in total. The third kappa shape index (κ3) is 1.59. The van der Waals surface area contributed by atoms with Crippen molar-refractivity contribution < 1.29 is 14.6 Å². The van der Waals surface area contributed by atoms with E-state index in [0.717, 1.165) is 0 Å². The molecule has 2 aromatic heterocycles. The molecule has 0 radical (unpaired) electrons. The Kier molecular flexibility index (Phi) is 2.21. The first kappa shape index (κ1) is 9.39. The van der Waals surface area contributed by atoms with Gasteiger partial charge < -0.3 is 9.84 Å². The van der Waals surface area contributed by atoms with Crippen LogP contribution in [0.25, 0.3) is 11.0 Å². The molecule has 0 amide bonds. The average Bonchev–Trinajstić information content (AvgIpc) is 2.26. The number of carbonyl (C=O) groups excluding carboxylic acids is 1. The van der Waals surface area contributed by atoms with Crippen molar-refractivity contribution in [2.24, 2.45) is 0 Å². The molecular formula is C10H8N2O3. The summed E-state index contributed by atoms with van der Waals surface area (Å²) in [6.45, 7) is 0. The summed E-state index contributed by atoms with van der Waals surface area (Å²) in [6, 6.07) is 2.97. The van der Waals surface area contributed by atoms with Gasteiger partial charge in [-0.1, -0.05) is 0 Å². The average molecular weight is 204 g/mol. The van der Waals surface area contributed by atoms with Crippen LogP contribution in [0.1, 0.15) is 10.4 Å². The SMILES string of the molecule is COC(=O)c1ccnc2cc(O)cnc12. The molecule has 5 heteroatoms. The van der Waals surface area contributed by atoms with E-state index in [1.807, 2.05) is 0 Å². The molecule has 0 unspecified atom stereocenters. The number of fused-ring (bicyclic) bond motifs is 1. The number of hydrogen-bond acceptors (Lipinski definition) is 5. The first-order valence-electron chi connectivity index (χ1n) is 4.24. The Morgan fingerprint density at radius 2 is 2.27 bits per heavy atom. The van der Waals surface area contributed by atoms with Crippen LogP contribution in [-0.2, 0) is 4.74 Å². The van der Waals surface area contributed by atoms with Gasteiger partial charge in [-0.2, -0.15) is 0 Å². The molecule has 0 atom stereocenters. The molecule has 2 rings (SSSR count). The molecule has 0 aliphatic rings. The van der Waals surface area contributed by atoms with Crippen LogP contribution in [0.5, 0.6) is 5.75 Å². The normalized spacial score (nSPS) is 10.2. The number of esters is 1. The van der Waals surface area contributed by atoms with E-state index in [0.29, 0.717) is 16.6 Å². The zero-order valence-electron chi connectivity index (χ0n) is 7.97. The van der Waals surface area contributed by atoms with Gasteiger partial charge >= 0.3 is 5.97 Å². The van der Waals surface area contributed by atoms with Gasteiger partial charge in [0.1, 0.15) is 11.3 Å². The number of carbonyl (C=O) groups is 1. The van der Waals surface area contributed by atoms with Crippen molar-refractivity contribution in [2.45, 2.75) is 0 Å². The van der Waals surface area contributed by atoms with Gasteiger partial charge in [0.2, 0.25) is 0 Å². The lowest BCUT2D eigenvalue weighted by Gasteiger charge is -2.02. The van der Waals surface area contributed by atoms with Crippen LogP contribution in [0.15, 0.2) is 24.5 Å². The number of aromatic hydroxyl groups is 1. The number of rotatable bonds is 1. The van der Waals surface area contributed by atoms with Crippen molar-refractivity contribution >= 4 is 17.0 Å². The zero-order chi connectivity index (χ0) is 10.8. The number of aromatic nitrogens is 2. The summed E-state index contributed by atoms with van der Waals surface area (Å²) in [5.74, 6) is -0.461. The lowest BCUT2D eigenvalue weighted by molar-refractivity contribution is 0.0602. The van der Waals surface area contributed by atoms with Crippen LogP contribution in [0.4, 0.5) is 0 Å². The fourth-order valence-corrected chi connectivity index (χ4v) is 1.29. The third-order valence-electron chi connectivity index (χ3n) is 1.97. The van der Waals surface area contributed by atoms with Gasteiger partial charge in [0.15, 0.2) is 0 Å². The monoisotopic (exact) mass is 204 g/mol. The first-order valence-corrected chi connectivity index (χ1v) is 4.24. The van der Waals surface area contributed by atoms with E-state index in [4.69, 9.17) is 0 Å². The Labute approximate surface area is 85.4 Å². The standard InChI is InChI=1S/C10H8N2O3/c1-15-10(14)7-2-3-11-8-4-6(13)5-12-9(7)8/h2-5,13H,1H3. The lowest BCUT2D eigenvalue weighted by atomic mass is 10.2. The van der Waals surface area contributed by atoms with E-state index in [2.05, 4.69) is 14.7 Å². The van der Waals surface area contributed by atoms with Crippen LogP contribution in [0, 0.1) is 0 Å². The van der Waals surface area contributed by atoms with E-state index in [-0.39, 0.29) is 5.75 Å². The van der Waals surface area contributed by atoms with Crippen LogP contribution >= 0.6 is 0 Å². The minimum Gasteiger partial charge on any atom is -0.506 e. The first-order chi connectivity index (χ1) is 7.22. The second-order valence-electron chi connectivity index (χ2n) is 2.91. The fourth-order valence-electron chi connectivity index (χ4n) is 1.29. The molecule has 2 heterocycles. The third-order valence-corrected chi connectivity index (χ3v) is 1.97. The number of nitrogens with zero attached hydrogens (tertiary/aromatic N) is 2. The Morgan fingerprint density at radius 1 is 1.47 bits per heavy atom. The summed E-state index contributed by atoms with van der Waals surface area (Å²) >= 11 is 0. The van der Waals surface area contributed by atoms with Gasteiger partial charge in [0.25, 0.3) is 0 Å². The highest BCUT2D eigenvalue weighted by atomic mass is 16.5. The molecule has 0 aliphatic carbocycles. The van der Waals surface area contributed by atoms with Crippen molar-refractivity contribution in [2.75, 3.05) is 7.11 Å². The van der Waals surface area contributed by atoms with E-state index in [1.54, 1.807) is 0 Å². The molecule has 0 aromatic carbocycles.